The molecule has 2 unspecified atom stereocenters. The van der Waals surface area contributed by atoms with Crippen molar-refractivity contribution in [2.75, 3.05) is 0 Å². The zero-order chi connectivity index (χ0) is 14.8. The first-order valence-electron chi connectivity index (χ1n) is 9.14. The highest BCUT2D eigenvalue weighted by atomic mass is 14.5. The Bertz CT molecular complexity index is 338. The molecule has 2 saturated carbocycles. The molecule has 0 heterocycles. The summed E-state index contributed by atoms with van der Waals surface area (Å²) in [5.41, 5.74) is 2.41. The molecule has 2 fully saturated rings. The molecule has 0 aromatic rings. The van der Waals surface area contributed by atoms with Crippen molar-refractivity contribution in [1.29, 1.82) is 0 Å². The van der Waals surface area contributed by atoms with Crippen LogP contribution < -0.4 is 0 Å². The summed E-state index contributed by atoms with van der Waals surface area (Å²) in [7, 11) is 0. The van der Waals surface area contributed by atoms with Crippen LogP contribution in [-0.4, -0.2) is 0 Å². The van der Waals surface area contributed by atoms with Crippen molar-refractivity contribution in [2.45, 2.75) is 86.0 Å². The summed E-state index contributed by atoms with van der Waals surface area (Å²) in [5.74, 6) is 3.70. The normalized spacial score (nSPS) is 37.4. The van der Waals surface area contributed by atoms with Crippen molar-refractivity contribution >= 4 is 0 Å². The summed E-state index contributed by atoms with van der Waals surface area (Å²) >= 11 is 0. The van der Waals surface area contributed by atoms with Gasteiger partial charge in [0.25, 0.3) is 0 Å². The topological polar surface area (TPSA) is 0 Å². The number of hydrogen-bond acceptors (Lipinski definition) is 0. The average molecular weight is 277 g/mol. The molecule has 0 saturated heterocycles. The van der Waals surface area contributed by atoms with Gasteiger partial charge in [-0.3, -0.25) is 0 Å². The molecule has 0 N–H and O–H groups in total. The van der Waals surface area contributed by atoms with Crippen LogP contribution in [0.25, 0.3) is 0 Å². The summed E-state index contributed by atoms with van der Waals surface area (Å²) in [6, 6.07) is 0. The van der Waals surface area contributed by atoms with E-state index in [1.807, 2.05) is 0 Å². The molecular formula is C20H36. The van der Waals surface area contributed by atoms with E-state index in [4.69, 9.17) is 0 Å². The van der Waals surface area contributed by atoms with E-state index in [2.05, 4.69) is 40.7 Å². The van der Waals surface area contributed by atoms with E-state index >= 15 is 0 Å². The van der Waals surface area contributed by atoms with Gasteiger partial charge in [-0.1, -0.05) is 58.6 Å². The van der Waals surface area contributed by atoms with Gasteiger partial charge in [-0.2, -0.15) is 0 Å². The maximum atomic E-state index is 2.62. The zero-order valence-corrected chi connectivity index (χ0v) is 14.5. The number of rotatable bonds is 5. The van der Waals surface area contributed by atoms with Crippen molar-refractivity contribution < 1.29 is 0 Å². The maximum Gasteiger partial charge on any atom is -0.0146 e. The van der Waals surface area contributed by atoms with Gasteiger partial charge in [0, 0.05) is 0 Å². The smallest absolute Gasteiger partial charge is 0.0146 e. The van der Waals surface area contributed by atoms with Crippen LogP contribution in [0.2, 0.25) is 0 Å². The predicted octanol–water partition coefficient (Wildman–Crippen LogP) is 6.61. The summed E-state index contributed by atoms with van der Waals surface area (Å²) in [6.45, 7) is 12.1. The monoisotopic (exact) mass is 276 g/mol. The third kappa shape index (κ3) is 3.15. The van der Waals surface area contributed by atoms with Gasteiger partial charge in [-0.25, -0.2) is 0 Å². The predicted molar refractivity (Wildman–Crippen MR) is 89.8 cm³/mol. The van der Waals surface area contributed by atoms with Crippen LogP contribution in [-0.2, 0) is 0 Å². The largest absolute Gasteiger partial charge is 0.0882 e. The lowest BCUT2D eigenvalue weighted by Gasteiger charge is -2.44. The van der Waals surface area contributed by atoms with E-state index in [0.717, 1.165) is 23.7 Å². The second-order valence-corrected chi connectivity index (χ2v) is 8.26. The number of allylic oxidation sites excluding steroid dienone is 2. The fraction of sp³-hybridized carbons (Fsp3) is 0.900. The first kappa shape index (κ1) is 16.1. The molecule has 0 bridgehead atoms. The summed E-state index contributed by atoms with van der Waals surface area (Å²) in [4.78, 5) is 0. The van der Waals surface area contributed by atoms with Crippen LogP contribution in [0.15, 0.2) is 11.6 Å². The first-order valence-corrected chi connectivity index (χ1v) is 9.14. The fourth-order valence-corrected chi connectivity index (χ4v) is 5.41. The minimum atomic E-state index is 0.622. The molecule has 4 atom stereocenters. The molecule has 20 heavy (non-hydrogen) atoms. The van der Waals surface area contributed by atoms with Crippen molar-refractivity contribution in [3.05, 3.63) is 11.6 Å². The van der Waals surface area contributed by atoms with E-state index in [1.165, 1.54) is 51.4 Å². The molecule has 0 aromatic heterocycles. The molecule has 0 spiro atoms. The number of fused-ring (bicyclic) bond motifs is 1. The van der Waals surface area contributed by atoms with Crippen molar-refractivity contribution in [3.63, 3.8) is 0 Å². The molecule has 2 aliphatic carbocycles. The van der Waals surface area contributed by atoms with Crippen molar-refractivity contribution in [2.24, 2.45) is 29.1 Å². The highest BCUT2D eigenvalue weighted by molar-refractivity contribution is 5.17. The average Bonchev–Trinajstić information content (AvgIpc) is 2.75. The van der Waals surface area contributed by atoms with Gasteiger partial charge in [-0.05, 0) is 68.1 Å². The molecule has 0 heteroatoms. The fourth-order valence-electron chi connectivity index (χ4n) is 5.41. The summed E-state index contributed by atoms with van der Waals surface area (Å²) < 4.78 is 0. The van der Waals surface area contributed by atoms with Crippen molar-refractivity contribution in [3.8, 4) is 0 Å². The van der Waals surface area contributed by atoms with Crippen LogP contribution in [0, 0.1) is 29.1 Å². The minimum absolute atomic E-state index is 0.622. The van der Waals surface area contributed by atoms with E-state index in [0.29, 0.717) is 5.41 Å². The SMILES string of the molecule is C/C=C1\CCC[C@@]2(C)C(C(C)CCCC(C)C)CC[C@H]12. The Hall–Kier alpha value is -0.260. The Kier molecular flexibility index (Phi) is 5.37. The van der Waals surface area contributed by atoms with Crippen molar-refractivity contribution in [1.82, 2.24) is 0 Å². The highest BCUT2D eigenvalue weighted by Gasteiger charge is 2.50. The zero-order valence-electron chi connectivity index (χ0n) is 14.5. The van der Waals surface area contributed by atoms with Gasteiger partial charge < -0.3 is 0 Å². The van der Waals surface area contributed by atoms with Gasteiger partial charge >= 0.3 is 0 Å². The molecule has 0 nitrogen and oxygen atoms in total. The lowest BCUT2D eigenvalue weighted by atomic mass is 9.61. The van der Waals surface area contributed by atoms with Gasteiger partial charge in [0.1, 0.15) is 0 Å². The Balaban J connectivity index is 1.99. The highest BCUT2D eigenvalue weighted by Crippen LogP contribution is 2.59. The molecular weight excluding hydrogens is 240 g/mol. The van der Waals surface area contributed by atoms with Gasteiger partial charge in [-0.15, -0.1) is 0 Å². The van der Waals surface area contributed by atoms with Gasteiger partial charge in [0.05, 0.1) is 0 Å². The first-order chi connectivity index (χ1) is 9.49. The Morgan fingerprint density at radius 3 is 2.60 bits per heavy atom. The second kappa shape index (κ2) is 6.67. The molecule has 0 aromatic carbocycles. The van der Waals surface area contributed by atoms with Crippen LogP contribution in [0.4, 0.5) is 0 Å². The second-order valence-electron chi connectivity index (χ2n) is 8.26. The van der Waals surface area contributed by atoms with E-state index in [1.54, 1.807) is 5.57 Å². The molecule has 0 aliphatic heterocycles. The molecule has 2 aliphatic rings. The Morgan fingerprint density at radius 2 is 1.95 bits per heavy atom. The molecule has 0 radical (unpaired) electrons. The van der Waals surface area contributed by atoms with E-state index < -0.39 is 0 Å². The van der Waals surface area contributed by atoms with Crippen LogP contribution >= 0.6 is 0 Å². The quantitative estimate of drug-likeness (QED) is 0.495. The van der Waals surface area contributed by atoms with Crippen LogP contribution in [0.1, 0.15) is 86.0 Å². The van der Waals surface area contributed by atoms with Crippen LogP contribution in [0.5, 0.6) is 0 Å². The molecule has 116 valence electrons. The summed E-state index contributed by atoms with van der Waals surface area (Å²) in [6.07, 6.45) is 14.0. The van der Waals surface area contributed by atoms with E-state index in [-0.39, 0.29) is 0 Å². The molecule has 0 amide bonds. The van der Waals surface area contributed by atoms with Crippen LogP contribution in [0.3, 0.4) is 0 Å². The lowest BCUT2D eigenvalue weighted by molar-refractivity contribution is 0.0927. The van der Waals surface area contributed by atoms with Gasteiger partial charge in [0.2, 0.25) is 0 Å². The Morgan fingerprint density at radius 1 is 1.20 bits per heavy atom. The molecule has 2 rings (SSSR count). The number of hydrogen-bond donors (Lipinski definition) is 0. The standard InChI is InChI=1S/C20H36/c1-6-17-11-8-14-20(5)18(12-13-19(17)20)16(4)10-7-9-15(2)3/h6,15-16,18-19H,7-14H2,1-5H3/b17-6+/t16?,18?,19-,20+/m1/s1. The minimum Gasteiger partial charge on any atom is -0.0882 e. The lowest BCUT2D eigenvalue weighted by Crippen LogP contribution is -2.35. The Labute approximate surface area is 127 Å². The van der Waals surface area contributed by atoms with E-state index in [9.17, 15) is 0 Å². The summed E-state index contributed by atoms with van der Waals surface area (Å²) in [5, 5.41) is 0. The van der Waals surface area contributed by atoms with Gasteiger partial charge in [0.15, 0.2) is 0 Å². The third-order valence-corrected chi connectivity index (χ3v) is 6.54. The third-order valence-electron chi connectivity index (χ3n) is 6.54. The maximum absolute atomic E-state index is 2.62.